The molecular formula is C4H4B2N3. The molecule has 1 radical (unpaired) electrons. The summed E-state index contributed by atoms with van der Waals surface area (Å²) in [6.07, 6.45) is 3.12. The van der Waals surface area contributed by atoms with E-state index in [9.17, 15) is 0 Å². The summed E-state index contributed by atoms with van der Waals surface area (Å²) in [7, 11) is 5.15. The summed E-state index contributed by atoms with van der Waals surface area (Å²) in [5.74, 6) is 0.264. The van der Waals surface area contributed by atoms with Crippen LogP contribution in [0.25, 0.3) is 0 Å². The molecule has 1 heterocycles. The Morgan fingerprint density at radius 2 is 2.00 bits per heavy atom. The van der Waals surface area contributed by atoms with Crippen molar-refractivity contribution in [1.29, 1.82) is 0 Å². The molecule has 0 saturated heterocycles. The van der Waals surface area contributed by atoms with Crippen LogP contribution in [0.5, 0.6) is 0 Å². The van der Waals surface area contributed by atoms with Gasteiger partial charge in [-0.05, 0) is 0 Å². The zero-order chi connectivity index (χ0) is 6.69. The molecule has 5 heteroatoms. The van der Waals surface area contributed by atoms with E-state index in [0.29, 0.717) is 0 Å². The molecule has 0 fully saturated rings. The van der Waals surface area contributed by atoms with Crippen molar-refractivity contribution in [1.82, 2.24) is 9.97 Å². The molecule has 0 unspecified atom stereocenters. The van der Waals surface area contributed by atoms with E-state index in [1.165, 1.54) is 6.80 Å². The SMILES string of the molecule is [B]=Bc1cnc(N)nc1. The molecule has 0 aliphatic rings. The van der Waals surface area contributed by atoms with Crippen molar-refractivity contribution in [3.05, 3.63) is 12.4 Å². The number of anilines is 1. The van der Waals surface area contributed by atoms with Gasteiger partial charge in [-0.1, -0.05) is 0 Å². The van der Waals surface area contributed by atoms with Crippen LogP contribution in [-0.4, -0.2) is 24.1 Å². The molecule has 0 bridgehead atoms. The Kier molecular flexibility index (Phi) is 1.72. The van der Waals surface area contributed by atoms with Gasteiger partial charge < -0.3 is 0 Å². The van der Waals surface area contributed by atoms with Crippen molar-refractivity contribution in [2.24, 2.45) is 0 Å². The predicted molar refractivity (Wildman–Crippen MR) is 37.6 cm³/mol. The van der Waals surface area contributed by atoms with Gasteiger partial charge in [-0.15, -0.1) is 0 Å². The van der Waals surface area contributed by atoms with E-state index in [1.54, 1.807) is 12.4 Å². The number of nitrogens with zero attached hydrogens (tertiary/aromatic N) is 2. The summed E-state index contributed by atoms with van der Waals surface area (Å²) >= 11 is 0. The van der Waals surface area contributed by atoms with Crippen molar-refractivity contribution in [3.8, 4) is 0 Å². The second-order valence-corrected chi connectivity index (χ2v) is 1.54. The summed E-state index contributed by atoms with van der Waals surface area (Å²) < 4.78 is 0. The van der Waals surface area contributed by atoms with Crippen LogP contribution in [0.15, 0.2) is 12.4 Å². The van der Waals surface area contributed by atoms with Gasteiger partial charge in [-0.25, -0.2) is 0 Å². The van der Waals surface area contributed by atoms with E-state index < -0.39 is 0 Å². The summed E-state index contributed by atoms with van der Waals surface area (Å²) in [6.45, 7) is 1.42. The van der Waals surface area contributed by atoms with Crippen LogP contribution in [0.2, 0.25) is 0 Å². The van der Waals surface area contributed by atoms with Crippen LogP contribution in [0.1, 0.15) is 0 Å². The van der Waals surface area contributed by atoms with E-state index in [1.807, 2.05) is 0 Å². The Morgan fingerprint density at radius 3 is 2.44 bits per heavy atom. The van der Waals surface area contributed by atoms with Gasteiger partial charge in [0, 0.05) is 0 Å². The van der Waals surface area contributed by atoms with Crippen LogP contribution >= 0.6 is 0 Å². The first-order valence-electron chi connectivity index (χ1n) is 2.45. The Labute approximate surface area is 54.6 Å². The number of nitrogens with two attached hydrogens (primary N) is 1. The Morgan fingerprint density at radius 1 is 1.44 bits per heavy atom. The molecule has 2 N–H and O–H groups in total. The number of hydrogen-bond acceptors (Lipinski definition) is 3. The molecule has 0 spiro atoms. The van der Waals surface area contributed by atoms with Gasteiger partial charge in [-0.3, -0.25) is 0 Å². The maximum absolute atomic E-state index is 5.20. The average molecular weight is 116 g/mol. The third-order valence-electron chi connectivity index (χ3n) is 0.884. The van der Waals surface area contributed by atoms with Crippen LogP contribution in [0, 0.1) is 0 Å². The molecule has 41 valence electrons. The minimum atomic E-state index is 0.264. The molecule has 1 rings (SSSR count). The van der Waals surface area contributed by atoms with Crippen LogP contribution < -0.4 is 11.2 Å². The summed E-state index contributed by atoms with van der Waals surface area (Å²) in [4.78, 5) is 7.41. The molecule has 0 aliphatic carbocycles. The van der Waals surface area contributed by atoms with Gasteiger partial charge in [0.2, 0.25) is 0 Å². The molecule has 1 aromatic rings. The Hall–Kier alpha value is -0.990. The quantitative estimate of drug-likeness (QED) is 0.452. The maximum atomic E-state index is 5.20. The van der Waals surface area contributed by atoms with E-state index in [0.717, 1.165) is 5.46 Å². The Balaban J connectivity index is 3.01. The Bertz CT molecular complexity index is 208. The van der Waals surface area contributed by atoms with Crippen LogP contribution in [0.4, 0.5) is 5.95 Å². The van der Waals surface area contributed by atoms with Gasteiger partial charge >= 0.3 is 53.7 Å². The molecular weight excluding hydrogens is 112 g/mol. The topological polar surface area (TPSA) is 51.8 Å². The van der Waals surface area contributed by atoms with E-state index >= 15 is 0 Å². The van der Waals surface area contributed by atoms with E-state index in [-0.39, 0.29) is 5.95 Å². The van der Waals surface area contributed by atoms with Crippen molar-refractivity contribution in [3.63, 3.8) is 0 Å². The van der Waals surface area contributed by atoms with E-state index in [4.69, 9.17) is 13.1 Å². The second-order valence-electron chi connectivity index (χ2n) is 1.54. The molecule has 0 amide bonds. The average Bonchev–Trinajstić information content (AvgIpc) is 1.90. The fourth-order valence-corrected chi connectivity index (χ4v) is 0.434. The second kappa shape index (κ2) is 2.53. The standard InChI is InChI=1S/C4H4B2N3/c5-6-3-1-8-4(7)9-2-3/h1-2H,(H2,7,8,9). The third-order valence-corrected chi connectivity index (χ3v) is 0.884. The monoisotopic (exact) mass is 116 g/mol. The van der Waals surface area contributed by atoms with E-state index in [2.05, 4.69) is 9.97 Å². The molecule has 3 nitrogen and oxygen atoms in total. The number of rotatable bonds is 1. The number of nitrogen functional groups attached to an aromatic ring is 1. The molecule has 1 aromatic heterocycles. The van der Waals surface area contributed by atoms with Gasteiger partial charge in [0.15, 0.2) is 0 Å². The fourth-order valence-electron chi connectivity index (χ4n) is 0.434. The molecule has 0 atom stereocenters. The zero-order valence-corrected chi connectivity index (χ0v) is 4.78. The normalized spacial score (nSPS) is 8.33. The summed E-state index contributed by atoms with van der Waals surface area (Å²) in [6, 6.07) is 0. The van der Waals surface area contributed by atoms with Crippen LogP contribution in [0.3, 0.4) is 0 Å². The van der Waals surface area contributed by atoms with Crippen LogP contribution in [-0.2, 0) is 0 Å². The molecule has 0 saturated carbocycles. The van der Waals surface area contributed by atoms with Crippen molar-refractivity contribution in [2.75, 3.05) is 5.73 Å². The number of aromatic nitrogens is 2. The van der Waals surface area contributed by atoms with Crippen molar-refractivity contribution in [2.45, 2.75) is 0 Å². The van der Waals surface area contributed by atoms with Gasteiger partial charge in [0.1, 0.15) is 0 Å². The van der Waals surface area contributed by atoms with Crippen molar-refractivity contribution < 1.29 is 0 Å². The molecule has 9 heavy (non-hydrogen) atoms. The zero-order valence-electron chi connectivity index (χ0n) is 4.78. The first kappa shape index (κ1) is 6.13. The fraction of sp³-hybridized carbons (Fsp3) is 0. The molecule has 0 aromatic carbocycles. The summed E-state index contributed by atoms with van der Waals surface area (Å²) in [5, 5.41) is 0. The van der Waals surface area contributed by atoms with Gasteiger partial charge in [0.05, 0.1) is 0 Å². The number of hydrogen-bond donors (Lipinski definition) is 1. The van der Waals surface area contributed by atoms with Crippen molar-refractivity contribution >= 4 is 25.6 Å². The van der Waals surface area contributed by atoms with Gasteiger partial charge in [-0.2, -0.15) is 0 Å². The van der Waals surface area contributed by atoms with Gasteiger partial charge in [0.25, 0.3) is 0 Å². The molecule has 0 aliphatic heterocycles. The first-order valence-corrected chi connectivity index (χ1v) is 2.45. The summed E-state index contributed by atoms with van der Waals surface area (Å²) in [5.41, 5.74) is 5.97. The minimum absolute atomic E-state index is 0.264. The third kappa shape index (κ3) is 1.45. The first-order chi connectivity index (χ1) is 4.33. The predicted octanol–water partition coefficient (Wildman–Crippen LogP) is -1.53.